The molecular formula is C13H21NO3. The Morgan fingerprint density at radius 1 is 1.18 bits per heavy atom. The number of rotatable bonds is 8. The SMILES string of the molecule is CCNC[C@@H](O)COc1ccccc1OCC. The first-order valence-electron chi connectivity index (χ1n) is 6.01. The molecule has 17 heavy (non-hydrogen) atoms. The Balaban J connectivity index is 2.44. The van der Waals surface area contributed by atoms with E-state index in [0.717, 1.165) is 6.54 Å². The third kappa shape index (κ3) is 5.06. The Hall–Kier alpha value is -1.26. The molecule has 0 aromatic heterocycles. The zero-order valence-electron chi connectivity index (χ0n) is 10.5. The maximum Gasteiger partial charge on any atom is 0.161 e. The topological polar surface area (TPSA) is 50.7 Å². The number of para-hydroxylation sites is 2. The smallest absolute Gasteiger partial charge is 0.161 e. The highest BCUT2D eigenvalue weighted by molar-refractivity contribution is 5.39. The molecule has 1 aromatic rings. The number of hydrogen-bond acceptors (Lipinski definition) is 4. The van der Waals surface area contributed by atoms with Crippen LogP contribution in [0.2, 0.25) is 0 Å². The molecule has 4 nitrogen and oxygen atoms in total. The number of ether oxygens (including phenoxy) is 2. The molecule has 0 unspecified atom stereocenters. The van der Waals surface area contributed by atoms with Gasteiger partial charge < -0.3 is 19.9 Å². The van der Waals surface area contributed by atoms with Gasteiger partial charge in [0.25, 0.3) is 0 Å². The van der Waals surface area contributed by atoms with Crippen LogP contribution in [-0.4, -0.2) is 37.5 Å². The van der Waals surface area contributed by atoms with E-state index in [0.29, 0.717) is 24.7 Å². The summed E-state index contributed by atoms with van der Waals surface area (Å²) in [5.74, 6) is 1.38. The van der Waals surface area contributed by atoms with Crippen molar-refractivity contribution in [3.8, 4) is 11.5 Å². The predicted octanol–water partition coefficient (Wildman–Crippen LogP) is 1.43. The van der Waals surface area contributed by atoms with Crippen molar-refractivity contribution in [3.05, 3.63) is 24.3 Å². The molecule has 0 aliphatic rings. The van der Waals surface area contributed by atoms with Gasteiger partial charge in [-0.3, -0.25) is 0 Å². The minimum Gasteiger partial charge on any atom is -0.490 e. The Morgan fingerprint density at radius 3 is 2.41 bits per heavy atom. The summed E-state index contributed by atoms with van der Waals surface area (Å²) in [6, 6.07) is 7.47. The van der Waals surface area contributed by atoms with Crippen molar-refractivity contribution >= 4 is 0 Å². The summed E-state index contributed by atoms with van der Waals surface area (Å²) in [5, 5.41) is 12.7. The predicted molar refractivity (Wildman–Crippen MR) is 67.7 cm³/mol. The highest BCUT2D eigenvalue weighted by atomic mass is 16.5. The Bertz CT molecular complexity index is 317. The van der Waals surface area contributed by atoms with Gasteiger partial charge in [0, 0.05) is 6.54 Å². The highest BCUT2D eigenvalue weighted by Crippen LogP contribution is 2.26. The molecule has 0 fully saturated rings. The Kier molecular flexibility index (Phi) is 6.43. The molecule has 1 atom stereocenters. The van der Waals surface area contributed by atoms with Gasteiger partial charge in [-0.25, -0.2) is 0 Å². The lowest BCUT2D eigenvalue weighted by atomic mass is 10.3. The van der Waals surface area contributed by atoms with Gasteiger partial charge in [0.2, 0.25) is 0 Å². The van der Waals surface area contributed by atoms with Crippen molar-refractivity contribution in [1.29, 1.82) is 0 Å². The zero-order valence-corrected chi connectivity index (χ0v) is 10.5. The van der Waals surface area contributed by atoms with E-state index in [-0.39, 0.29) is 6.61 Å². The molecule has 0 heterocycles. The van der Waals surface area contributed by atoms with Gasteiger partial charge in [-0.15, -0.1) is 0 Å². The third-order valence-corrected chi connectivity index (χ3v) is 2.21. The molecule has 0 spiro atoms. The maximum absolute atomic E-state index is 9.63. The summed E-state index contributed by atoms with van der Waals surface area (Å²) < 4.78 is 11.0. The van der Waals surface area contributed by atoms with Crippen molar-refractivity contribution in [1.82, 2.24) is 5.32 Å². The molecule has 0 saturated carbocycles. The van der Waals surface area contributed by atoms with Crippen LogP contribution >= 0.6 is 0 Å². The van der Waals surface area contributed by atoms with Crippen LogP contribution in [-0.2, 0) is 0 Å². The fourth-order valence-corrected chi connectivity index (χ4v) is 1.40. The molecular weight excluding hydrogens is 218 g/mol. The summed E-state index contributed by atoms with van der Waals surface area (Å²) in [6.45, 7) is 6.16. The molecule has 2 N–H and O–H groups in total. The van der Waals surface area contributed by atoms with E-state index in [1.807, 2.05) is 38.1 Å². The second-order valence-corrected chi connectivity index (χ2v) is 3.65. The summed E-state index contributed by atoms with van der Waals surface area (Å²) in [5.41, 5.74) is 0. The lowest BCUT2D eigenvalue weighted by molar-refractivity contribution is 0.105. The zero-order chi connectivity index (χ0) is 12.5. The summed E-state index contributed by atoms with van der Waals surface area (Å²) in [6.07, 6.45) is -0.510. The summed E-state index contributed by atoms with van der Waals surface area (Å²) in [7, 11) is 0. The van der Waals surface area contributed by atoms with Crippen LogP contribution in [0.3, 0.4) is 0 Å². The lowest BCUT2D eigenvalue weighted by Crippen LogP contribution is -2.31. The molecule has 1 rings (SSSR count). The molecule has 0 amide bonds. The van der Waals surface area contributed by atoms with Crippen molar-refractivity contribution < 1.29 is 14.6 Å². The van der Waals surface area contributed by atoms with Gasteiger partial charge in [-0.1, -0.05) is 19.1 Å². The average Bonchev–Trinajstić information content (AvgIpc) is 2.35. The summed E-state index contributed by atoms with van der Waals surface area (Å²) in [4.78, 5) is 0. The van der Waals surface area contributed by atoms with Crippen molar-refractivity contribution in [2.24, 2.45) is 0 Å². The second-order valence-electron chi connectivity index (χ2n) is 3.65. The average molecular weight is 239 g/mol. The standard InChI is InChI=1S/C13H21NO3/c1-3-14-9-11(15)10-17-13-8-6-5-7-12(13)16-4-2/h5-8,11,14-15H,3-4,9-10H2,1-2H3/t11-/m1/s1. The Morgan fingerprint density at radius 2 is 1.82 bits per heavy atom. The number of likely N-dealkylation sites (N-methyl/N-ethyl adjacent to an activating group) is 1. The molecule has 0 aliphatic heterocycles. The van der Waals surface area contributed by atoms with Crippen LogP contribution in [0.15, 0.2) is 24.3 Å². The molecule has 0 saturated heterocycles. The number of aliphatic hydroxyl groups is 1. The highest BCUT2D eigenvalue weighted by Gasteiger charge is 2.07. The number of benzene rings is 1. The van der Waals surface area contributed by atoms with Crippen LogP contribution in [0.4, 0.5) is 0 Å². The second kappa shape index (κ2) is 7.92. The first kappa shape index (κ1) is 13.8. The van der Waals surface area contributed by atoms with Gasteiger partial charge in [0.1, 0.15) is 12.7 Å². The van der Waals surface area contributed by atoms with Crippen molar-refractivity contribution in [2.45, 2.75) is 20.0 Å². The van der Waals surface area contributed by atoms with E-state index in [2.05, 4.69) is 5.32 Å². The molecule has 0 radical (unpaired) electrons. The minimum absolute atomic E-state index is 0.261. The molecule has 0 bridgehead atoms. The van der Waals surface area contributed by atoms with Crippen LogP contribution in [0.5, 0.6) is 11.5 Å². The van der Waals surface area contributed by atoms with Crippen molar-refractivity contribution in [3.63, 3.8) is 0 Å². The number of nitrogens with one attached hydrogen (secondary N) is 1. The van der Waals surface area contributed by atoms with Crippen molar-refractivity contribution in [2.75, 3.05) is 26.3 Å². The number of aliphatic hydroxyl groups excluding tert-OH is 1. The molecule has 96 valence electrons. The van der Waals surface area contributed by atoms with E-state index < -0.39 is 6.10 Å². The summed E-state index contributed by atoms with van der Waals surface area (Å²) >= 11 is 0. The van der Waals surface area contributed by atoms with Crippen LogP contribution in [0.25, 0.3) is 0 Å². The van der Waals surface area contributed by atoms with Gasteiger partial charge in [-0.05, 0) is 25.6 Å². The van der Waals surface area contributed by atoms with Gasteiger partial charge >= 0.3 is 0 Å². The van der Waals surface area contributed by atoms with Crippen LogP contribution in [0, 0.1) is 0 Å². The van der Waals surface area contributed by atoms with E-state index in [4.69, 9.17) is 9.47 Å². The third-order valence-electron chi connectivity index (χ3n) is 2.21. The fourth-order valence-electron chi connectivity index (χ4n) is 1.40. The molecule has 0 aliphatic carbocycles. The number of hydrogen-bond donors (Lipinski definition) is 2. The first-order valence-corrected chi connectivity index (χ1v) is 6.01. The van der Waals surface area contributed by atoms with Gasteiger partial charge in [0.15, 0.2) is 11.5 Å². The fraction of sp³-hybridized carbons (Fsp3) is 0.538. The quantitative estimate of drug-likeness (QED) is 0.720. The first-order chi connectivity index (χ1) is 8.27. The molecule has 1 aromatic carbocycles. The van der Waals surface area contributed by atoms with Crippen LogP contribution < -0.4 is 14.8 Å². The maximum atomic E-state index is 9.63. The largest absolute Gasteiger partial charge is 0.490 e. The van der Waals surface area contributed by atoms with E-state index >= 15 is 0 Å². The van der Waals surface area contributed by atoms with Gasteiger partial charge in [0.05, 0.1) is 6.61 Å². The van der Waals surface area contributed by atoms with E-state index in [1.54, 1.807) is 0 Å². The van der Waals surface area contributed by atoms with Gasteiger partial charge in [-0.2, -0.15) is 0 Å². The minimum atomic E-state index is -0.510. The Labute approximate surface area is 103 Å². The van der Waals surface area contributed by atoms with Crippen LogP contribution in [0.1, 0.15) is 13.8 Å². The monoisotopic (exact) mass is 239 g/mol. The van der Waals surface area contributed by atoms with E-state index in [1.165, 1.54) is 0 Å². The molecule has 4 heteroatoms. The lowest BCUT2D eigenvalue weighted by Gasteiger charge is -2.15. The van der Waals surface area contributed by atoms with E-state index in [9.17, 15) is 5.11 Å². The normalized spacial score (nSPS) is 12.2.